The molecule has 8 nitrogen and oxygen atoms in total. The van der Waals surface area contributed by atoms with Crippen molar-refractivity contribution in [1.29, 1.82) is 0 Å². The molecular formula is C17H25N7OS. The van der Waals surface area contributed by atoms with Crippen LogP contribution in [0, 0.1) is 12.8 Å². The van der Waals surface area contributed by atoms with Gasteiger partial charge in [0.1, 0.15) is 10.8 Å². The van der Waals surface area contributed by atoms with Crippen LogP contribution in [0.25, 0.3) is 0 Å². The normalized spacial score (nSPS) is 21.3. The Morgan fingerprint density at radius 3 is 2.88 bits per heavy atom. The third-order valence-corrected chi connectivity index (χ3v) is 6.17. The highest BCUT2D eigenvalue weighted by Crippen LogP contribution is 2.30. The lowest BCUT2D eigenvalue weighted by atomic mass is 9.98. The quantitative estimate of drug-likeness (QED) is 0.855. The van der Waals surface area contributed by atoms with Crippen LogP contribution in [-0.2, 0) is 6.42 Å². The monoisotopic (exact) mass is 375 g/mol. The number of urea groups is 1. The summed E-state index contributed by atoms with van der Waals surface area (Å²) >= 11 is 1.50. The van der Waals surface area contributed by atoms with Crippen LogP contribution in [0.3, 0.4) is 0 Å². The van der Waals surface area contributed by atoms with E-state index in [2.05, 4.69) is 30.7 Å². The van der Waals surface area contributed by atoms with Crippen molar-refractivity contribution >= 4 is 22.5 Å². The largest absolute Gasteiger partial charge is 0.324 e. The molecule has 1 saturated heterocycles. The number of aromatic nitrogens is 5. The molecule has 0 radical (unpaired) electrons. The standard InChI is InChI=1S/C17H25N7OS/c1-11-18-15(22-20-11)13-7-4-8-24(10-13)17(25)19-16-23-21-14(26-16)9-12-5-2-3-6-12/h12-13H,2-10H2,1H3,(H,18,20,22)(H,19,23,25)/t13-/m1/s1. The van der Waals surface area contributed by atoms with E-state index in [1.165, 1.54) is 37.0 Å². The molecule has 140 valence electrons. The number of rotatable bonds is 4. The van der Waals surface area contributed by atoms with Gasteiger partial charge in [-0.2, -0.15) is 5.10 Å². The maximum absolute atomic E-state index is 12.6. The van der Waals surface area contributed by atoms with Gasteiger partial charge in [0.25, 0.3) is 0 Å². The van der Waals surface area contributed by atoms with Crippen molar-refractivity contribution in [3.63, 3.8) is 0 Å². The molecule has 1 aliphatic carbocycles. The Hall–Kier alpha value is -2.03. The van der Waals surface area contributed by atoms with Crippen molar-refractivity contribution < 1.29 is 4.79 Å². The van der Waals surface area contributed by atoms with Gasteiger partial charge in [0.15, 0.2) is 5.82 Å². The molecule has 2 aliphatic rings. The van der Waals surface area contributed by atoms with Gasteiger partial charge in [0.2, 0.25) is 5.13 Å². The van der Waals surface area contributed by atoms with Crippen LogP contribution in [0.15, 0.2) is 0 Å². The highest BCUT2D eigenvalue weighted by molar-refractivity contribution is 7.15. The summed E-state index contributed by atoms with van der Waals surface area (Å²) in [4.78, 5) is 18.9. The van der Waals surface area contributed by atoms with E-state index in [4.69, 9.17) is 0 Å². The number of H-pyrrole nitrogens is 1. The Kier molecular flexibility index (Phi) is 5.14. The molecule has 1 atom stereocenters. The van der Waals surface area contributed by atoms with Crippen LogP contribution >= 0.6 is 11.3 Å². The first-order valence-electron chi connectivity index (χ1n) is 9.44. The van der Waals surface area contributed by atoms with Crippen molar-refractivity contribution in [2.75, 3.05) is 18.4 Å². The first-order valence-corrected chi connectivity index (χ1v) is 10.3. The molecule has 2 fully saturated rings. The van der Waals surface area contributed by atoms with Gasteiger partial charge in [-0.3, -0.25) is 10.4 Å². The highest BCUT2D eigenvalue weighted by Gasteiger charge is 2.28. The van der Waals surface area contributed by atoms with E-state index in [0.29, 0.717) is 11.7 Å². The van der Waals surface area contributed by atoms with Crippen LogP contribution in [0.4, 0.5) is 9.93 Å². The third kappa shape index (κ3) is 4.03. The molecule has 9 heteroatoms. The van der Waals surface area contributed by atoms with Gasteiger partial charge >= 0.3 is 6.03 Å². The number of hydrogen-bond acceptors (Lipinski definition) is 6. The zero-order valence-corrected chi connectivity index (χ0v) is 15.9. The average Bonchev–Trinajstić information content (AvgIpc) is 3.39. The summed E-state index contributed by atoms with van der Waals surface area (Å²) in [5.74, 6) is 2.53. The number of carbonyl (C=O) groups is 1. The van der Waals surface area contributed by atoms with Gasteiger partial charge in [-0.05, 0) is 25.7 Å². The molecule has 2 aromatic heterocycles. The number of amides is 2. The topological polar surface area (TPSA) is 99.7 Å². The minimum Gasteiger partial charge on any atom is -0.324 e. The fraction of sp³-hybridized carbons (Fsp3) is 0.706. The zero-order chi connectivity index (χ0) is 17.9. The van der Waals surface area contributed by atoms with E-state index in [-0.39, 0.29) is 11.9 Å². The number of aromatic amines is 1. The number of nitrogens with zero attached hydrogens (tertiary/aromatic N) is 5. The van der Waals surface area contributed by atoms with E-state index in [9.17, 15) is 4.79 Å². The summed E-state index contributed by atoms with van der Waals surface area (Å²) in [6.45, 7) is 3.28. The van der Waals surface area contributed by atoms with Crippen molar-refractivity contribution in [3.8, 4) is 0 Å². The molecule has 0 aromatic carbocycles. The predicted octanol–water partition coefficient (Wildman–Crippen LogP) is 3.11. The summed E-state index contributed by atoms with van der Waals surface area (Å²) in [7, 11) is 0. The average molecular weight is 376 g/mol. The minimum atomic E-state index is -0.106. The van der Waals surface area contributed by atoms with Gasteiger partial charge in [0, 0.05) is 25.4 Å². The highest BCUT2D eigenvalue weighted by atomic mass is 32.1. The van der Waals surface area contributed by atoms with Gasteiger partial charge in [-0.1, -0.05) is 37.0 Å². The maximum atomic E-state index is 12.6. The van der Waals surface area contributed by atoms with Crippen LogP contribution in [-0.4, -0.2) is 49.4 Å². The van der Waals surface area contributed by atoms with Crippen molar-refractivity contribution in [2.45, 2.75) is 57.8 Å². The molecule has 3 heterocycles. The second-order valence-corrected chi connectivity index (χ2v) is 8.41. The number of aryl methyl sites for hydroxylation is 1. The molecular weight excluding hydrogens is 350 g/mol. The Morgan fingerprint density at radius 1 is 1.27 bits per heavy atom. The smallest absolute Gasteiger partial charge is 0.323 e. The molecule has 2 amide bonds. The number of piperidine rings is 1. The van der Waals surface area contributed by atoms with E-state index < -0.39 is 0 Å². The lowest BCUT2D eigenvalue weighted by molar-refractivity contribution is 0.191. The molecule has 0 bridgehead atoms. The summed E-state index contributed by atoms with van der Waals surface area (Å²) in [5, 5.41) is 20.1. The Labute approximate surface area is 156 Å². The molecule has 1 saturated carbocycles. The maximum Gasteiger partial charge on any atom is 0.323 e. The second kappa shape index (κ2) is 7.69. The minimum absolute atomic E-state index is 0.106. The van der Waals surface area contributed by atoms with E-state index in [0.717, 1.165) is 48.4 Å². The molecule has 2 aromatic rings. The molecule has 26 heavy (non-hydrogen) atoms. The Morgan fingerprint density at radius 2 is 2.12 bits per heavy atom. The van der Waals surface area contributed by atoms with Gasteiger partial charge < -0.3 is 4.90 Å². The van der Waals surface area contributed by atoms with Crippen LogP contribution in [0.2, 0.25) is 0 Å². The molecule has 1 aliphatic heterocycles. The first-order chi connectivity index (χ1) is 12.7. The summed E-state index contributed by atoms with van der Waals surface area (Å²) in [6, 6.07) is -0.106. The van der Waals surface area contributed by atoms with Gasteiger partial charge in [-0.25, -0.2) is 9.78 Å². The predicted molar refractivity (Wildman–Crippen MR) is 99.3 cm³/mol. The lowest BCUT2D eigenvalue weighted by Crippen LogP contribution is -2.41. The van der Waals surface area contributed by atoms with E-state index in [1.54, 1.807) is 0 Å². The van der Waals surface area contributed by atoms with Crippen molar-refractivity contribution in [2.24, 2.45) is 5.92 Å². The van der Waals surface area contributed by atoms with Crippen molar-refractivity contribution in [3.05, 3.63) is 16.7 Å². The van der Waals surface area contributed by atoms with Crippen LogP contribution in [0.1, 0.15) is 61.1 Å². The molecule has 4 rings (SSSR count). The summed E-state index contributed by atoms with van der Waals surface area (Å²) < 4.78 is 0. The zero-order valence-electron chi connectivity index (χ0n) is 15.1. The fourth-order valence-electron chi connectivity index (χ4n) is 3.93. The van der Waals surface area contributed by atoms with E-state index >= 15 is 0 Å². The first kappa shape index (κ1) is 17.4. The van der Waals surface area contributed by atoms with Gasteiger partial charge in [-0.15, -0.1) is 10.2 Å². The SMILES string of the molecule is Cc1nc([C@@H]2CCCN(C(=O)Nc3nnc(CC4CCCC4)s3)C2)n[nH]1. The third-order valence-electron chi connectivity index (χ3n) is 5.31. The molecule has 0 unspecified atom stereocenters. The number of nitrogens with one attached hydrogen (secondary N) is 2. The summed E-state index contributed by atoms with van der Waals surface area (Å²) in [5.41, 5.74) is 0. The number of hydrogen-bond donors (Lipinski definition) is 2. The number of likely N-dealkylation sites (tertiary alicyclic amines) is 1. The van der Waals surface area contributed by atoms with Crippen LogP contribution in [0.5, 0.6) is 0 Å². The van der Waals surface area contributed by atoms with Gasteiger partial charge in [0.05, 0.1) is 0 Å². The Bertz CT molecular complexity index is 752. The van der Waals surface area contributed by atoms with Crippen LogP contribution < -0.4 is 5.32 Å². The lowest BCUT2D eigenvalue weighted by Gasteiger charge is -2.31. The molecule has 0 spiro atoms. The van der Waals surface area contributed by atoms with E-state index in [1.807, 2.05) is 11.8 Å². The number of carbonyl (C=O) groups excluding carboxylic acids is 1. The molecule has 2 N–H and O–H groups in total. The number of anilines is 1. The van der Waals surface area contributed by atoms with Crippen molar-refractivity contribution in [1.82, 2.24) is 30.3 Å². The summed E-state index contributed by atoms with van der Waals surface area (Å²) in [6.07, 6.45) is 8.18. The fourth-order valence-corrected chi connectivity index (χ4v) is 4.78. The second-order valence-electron chi connectivity index (χ2n) is 7.35. The Balaban J connectivity index is 1.33.